The fraction of sp³-hybridized carbons (Fsp3) is 0.345. The first-order valence-corrected chi connectivity index (χ1v) is 13.3. The van der Waals surface area contributed by atoms with Crippen LogP contribution >= 0.6 is 23.2 Å². The number of anilines is 2. The van der Waals surface area contributed by atoms with Crippen LogP contribution < -0.4 is 20.7 Å². The van der Waals surface area contributed by atoms with E-state index >= 15 is 4.39 Å². The molecular weight excluding hydrogens is 542 g/mol. The Kier molecular flexibility index (Phi) is 7.07. The number of rotatable bonds is 5. The Morgan fingerprint density at radius 3 is 2.69 bits per heavy atom. The number of amides is 2. The van der Waals surface area contributed by atoms with Gasteiger partial charge in [0.2, 0.25) is 11.8 Å². The smallest absolute Gasteiger partial charge is 0.242 e. The lowest BCUT2D eigenvalue weighted by molar-refractivity contribution is -0.122. The van der Waals surface area contributed by atoms with Crippen molar-refractivity contribution in [2.45, 2.75) is 50.6 Å². The van der Waals surface area contributed by atoms with Crippen LogP contribution in [0.2, 0.25) is 10.0 Å². The first-order valence-electron chi connectivity index (χ1n) is 12.6. The molecule has 0 aliphatic carbocycles. The summed E-state index contributed by atoms with van der Waals surface area (Å²) in [6.07, 6.45) is 3.53. The Morgan fingerprint density at radius 1 is 1.21 bits per heavy atom. The van der Waals surface area contributed by atoms with Gasteiger partial charge in [0.25, 0.3) is 0 Å². The third-order valence-electron chi connectivity index (χ3n) is 7.48. The number of ether oxygens (including phenoxy) is 1. The quantitative estimate of drug-likeness (QED) is 0.354. The molecule has 3 N–H and O–H groups in total. The van der Waals surface area contributed by atoms with Crippen molar-refractivity contribution in [2.24, 2.45) is 5.41 Å². The molecule has 5 rings (SSSR count). The Balaban J connectivity index is 1.73. The van der Waals surface area contributed by atoms with E-state index < -0.39 is 35.1 Å². The molecule has 3 aromatic rings. The number of carbonyl (C=O) groups excluding carboxylic acids is 2. The van der Waals surface area contributed by atoms with Crippen molar-refractivity contribution in [3.63, 3.8) is 0 Å². The second kappa shape index (κ2) is 10.1. The number of nitrogens with zero attached hydrogens (tertiary/aromatic N) is 1. The molecule has 1 spiro atoms. The molecule has 0 bridgehead atoms. The summed E-state index contributed by atoms with van der Waals surface area (Å²) in [5, 5.41) is 9.68. The van der Waals surface area contributed by atoms with Gasteiger partial charge in [0, 0.05) is 28.9 Å². The molecule has 4 atom stereocenters. The topological polar surface area (TPSA) is 92.3 Å². The molecule has 3 heterocycles. The lowest BCUT2D eigenvalue weighted by Crippen LogP contribution is -2.49. The van der Waals surface area contributed by atoms with Crippen LogP contribution in [0.5, 0.6) is 5.75 Å². The number of pyridine rings is 1. The maximum Gasteiger partial charge on any atom is 0.242 e. The molecule has 0 saturated carbocycles. The van der Waals surface area contributed by atoms with Gasteiger partial charge in [-0.05, 0) is 47.2 Å². The highest BCUT2D eigenvalue weighted by Gasteiger charge is 2.66. The summed E-state index contributed by atoms with van der Waals surface area (Å²) in [7, 11) is 1.48. The summed E-state index contributed by atoms with van der Waals surface area (Å²) in [5.41, 5.74) is 0.199. The van der Waals surface area contributed by atoms with Crippen LogP contribution in [0.1, 0.15) is 44.2 Å². The summed E-state index contributed by atoms with van der Waals surface area (Å²) in [5.74, 6) is -2.03. The van der Waals surface area contributed by atoms with Crippen molar-refractivity contribution in [3.8, 4) is 5.75 Å². The van der Waals surface area contributed by atoms with Crippen molar-refractivity contribution >= 4 is 46.4 Å². The SMILES string of the molecule is COc1cnccc1NC(=O)C1NC(CC(C)(C)C)C2(C(=O)Nc3cc(Cl)ccc32)C1c1cccc(Cl)c1F. The van der Waals surface area contributed by atoms with E-state index in [0.717, 1.165) is 0 Å². The Labute approximate surface area is 236 Å². The van der Waals surface area contributed by atoms with E-state index in [1.54, 1.807) is 36.4 Å². The van der Waals surface area contributed by atoms with E-state index in [1.807, 2.05) is 0 Å². The van der Waals surface area contributed by atoms with Gasteiger partial charge in [0.15, 0.2) is 5.75 Å². The number of benzene rings is 2. The maximum atomic E-state index is 15.8. The van der Waals surface area contributed by atoms with Crippen LogP contribution in [0.15, 0.2) is 54.9 Å². The molecule has 4 unspecified atom stereocenters. The zero-order chi connectivity index (χ0) is 28.1. The zero-order valence-corrected chi connectivity index (χ0v) is 23.5. The highest BCUT2D eigenvalue weighted by Crippen LogP contribution is 2.57. The largest absolute Gasteiger partial charge is 0.493 e. The van der Waals surface area contributed by atoms with E-state index in [4.69, 9.17) is 27.9 Å². The normalized spacial score (nSPS) is 24.0. The van der Waals surface area contributed by atoms with Crippen molar-refractivity contribution in [3.05, 3.63) is 81.8 Å². The number of hydrogen-bond acceptors (Lipinski definition) is 5. The van der Waals surface area contributed by atoms with E-state index in [2.05, 4.69) is 41.7 Å². The van der Waals surface area contributed by atoms with Crippen LogP contribution in [0.3, 0.4) is 0 Å². The van der Waals surface area contributed by atoms with Gasteiger partial charge in [0.05, 0.1) is 30.1 Å². The molecule has 204 valence electrons. The summed E-state index contributed by atoms with van der Waals surface area (Å²) in [6.45, 7) is 6.17. The van der Waals surface area contributed by atoms with Crippen molar-refractivity contribution in [2.75, 3.05) is 17.7 Å². The Bertz CT molecular complexity index is 1460. The van der Waals surface area contributed by atoms with Crippen molar-refractivity contribution < 1.29 is 18.7 Å². The molecular formula is C29H29Cl2FN4O3. The van der Waals surface area contributed by atoms with E-state index in [-0.39, 0.29) is 21.9 Å². The zero-order valence-electron chi connectivity index (χ0n) is 21.9. The lowest BCUT2D eigenvalue weighted by atomic mass is 9.62. The van der Waals surface area contributed by atoms with E-state index in [9.17, 15) is 9.59 Å². The molecule has 39 heavy (non-hydrogen) atoms. The van der Waals surface area contributed by atoms with Crippen LogP contribution in [-0.2, 0) is 15.0 Å². The number of methoxy groups -OCH3 is 1. The van der Waals surface area contributed by atoms with Crippen LogP contribution in [0.25, 0.3) is 0 Å². The van der Waals surface area contributed by atoms with Gasteiger partial charge < -0.3 is 20.7 Å². The summed E-state index contributed by atoms with van der Waals surface area (Å²) >= 11 is 12.5. The number of halogens is 3. The Hall–Kier alpha value is -3.20. The van der Waals surface area contributed by atoms with Crippen LogP contribution in [0, 0.1) is 11.2 Å². The molecule has 2 amide bonds. The summed E-state index contributed by atoms with van der Waals surface area (Å²) < 4.78 is 21.2. The van der Waals surface area contributed by atoms with E-state index in [0.29, 0.717) is 34.1 Å². The maximum absolute atomic E-state index is 15.8. The third kappa shape index (κ3) is 4.64. The minimum absolute atomic E-state index is 0.0911. The fourth-order valence-corrected chi connectivity index (χ4v) is 6.36. The predicted molar refractivity (Wildman–Crippen MR) is 150 cm³/mol. The second-order valence-corrected chi connectivity index (χ2v) is 12.0. The fourth-order valence-electron chi connectivity index (χ4n) is 6.01. The van der Waals surface area contributed by atoms with Crippen LogP contribution in [-0.4, -0.2) is 36.0 Å². The van der Waals surface area contributed by atoms with Crippen molar-refractivity contribution in [1.29, 1.82) is 0 Å². The van der Waals surface area contributed by atoms with Gasteiger partial charge in [0.1, 0.15) is 11.2 Å². The van der Waals surface area contributed by atoms with Gasteiger partial charge in [-0.25, -0.2) is 4.39 Å². The molecule has 0 radical (unpaired) electrons. The van der Waals surface area contributed by atoms with Crippen LogP contribution in [0.4, 0.5) is 15.8 Å². The van der Waals surface area contributed by atoms with Crippen molar-refractivity contribution in [1.82, 2.24) is 10.3 Å². The van der Waals surface area contributed by atoms with Gasteiger partial charge in [-0.3, -0.25) is 14.6 Å². The minimum atomic E-state index is -1.33. The Morgan fingerprint density at radius 2 is 1.97 bits per heavy atom. The van der Waals surface area contributed by atoms with Gasteiger partial charge in [-0.2, -0.15) is 0 Å². The first-order chi connectivity index (χ1) is 18.5. The monoisotopic (exact) mass is 570 g/mol. The molecule has 2 aliphatic rings. The standard InChI is InChI=1S/C29H29Cl2FN4O3/c1-28(2,3)13-22-29(17-9-8-15(30)12-20(17)35-27(29)38)23(16-6-5-7-18(31)24(16)32)25(36-22)26(37)34-19-10-11-33-14-21(19)39-4/h5-12,14,22-23,25,36H,13H2,1-4H3,(H,35,38)(H,33,34,37). The van der Waals surface area contributed by atoms with Gasteiger partial charge >= 0.3 is 0 Å². The molecule has 7 nitrogen and oxygen atoms in total. The lowest BCUT2D eigenvalue weighted by Gasteiger charge is -2.37. The second-order valence-electron chi connectivity index (χ2n) is 11.2. The number of hydrogen-bond donors (Lipinski definition) is 3. The number of fused-ring (bicyclic) bond motifs is 2. The number of carbonyl (C=O) groups is 2. The van der Waals surface area contributed by atoms with E-state index in [1.165, 1.54) is 25.6 Å². The highest BCUT2D eigenvalue weighted by atomic mass is 35.5. The molecule has 10 heteroatoms. The highest BCUT2D eigenvalue weighted by molar-refractivity contribution is 6.31. The van der Waals surface area contributed by atoms with Gasteiger partial charge in [-0.1, -0.05) is 62.2 Å². The summed E-state index contributed by atoms with van der Waals surface area (Å²) in [4.78, 5) is 32.2. The number of aromatic nitrogens is 1. The third-order valence-corrected chi connectivity index (χ3v) is 8.01. The average molecular weight is 571 g/mol. The molecule has 1 saturated heterocycles. The average Bonchev–Trinajstić information content (AvgIpc) is 3.35. The van der Waals surface area contributed by atoms with Gasteiger partial charge in [-0.15, -0.1) is 0 Å². The molecule has 1 aromatic heterocycles. The summed E-state index contributed by atoms with van der Waals surface area (Å²) in [6, 6.07) is 9.91. The number of nitrogens with one attached hydrogen (secondary N) is 3. The molecule has 2 aliphatic heterocycles. The minimum Gasteiger partial charge on any atom is -0.493 e. The molecule has 2 aromatic carbocycles. The molecule has 1 fully saturated rings. The predicted octanol–water partition coefficient (Wildman–Crippen LogP) is 5.93. The first kappa shape index (κ1) is 27.4.